The fourth-order valence-corrected chi connectivity index (χ4v) is 2.55. The van der Waals surface area contributed by atoms with Gasteiger partial charge in [0.2, 0.25) is 0 Å². The third kappa shape index (κ3) is 10.7. The first-order valence-electron chi connectivity index (χ1n) is 10.1. The molecule has 1 saturated heterocycles. The minimum atomic E-state index is -5.08. The zero-order chi connectivity index (χ0) is 26.1. The summed E-state index contributed by atoms with van der Waals surface area (Å²) in [5.74, 6) is -2.76. The fraction of sp³-hybridized carbons (Fsp3) is 0.500. The van der Waals surface area contributed by atoms with Crippen molar-refractivity contribution in [1.82, 2.24) is 15.1 Å². The Morgan fingerprint density at radius 1 is 1.03 bits per heavy atom. The summed E-state index contributed by atoms with van der Waals surface area (Å²) in [6.07, 6.45) is -5.43. The Bertz CT molecular complexity index is 872. The lowest BCUT2D eigenvalue weighted by atomic mass is 10.2. The lowest BCUT2D eigenvalue weighted by Crippen LogP contribution is -2.53. The van der Waals surface area contributed by atoms with E-state index in [-0.39, 0.29) is 18.1 Å². The van der Waals surface area contributed by atoms with E-state index in [0.717, 1.165) is 5.56 Å². The second kappa shape index (κ2) is 12.0. The van der Waals surface area contributed by atoms with Crippen molar-refractivity contribution in [1.29, 1.82) is 0 Å². The van der Waals surface area contributed by atoms with E-state index in [1.807, 2.05) is 32.9 Å². The topological polar surface area (TPSA) is 164 Å². The summed E-state index contributed by atoms with van der Waals surface area (Å²) in [5.41, 5.74) is 11.7. The normalized spacial score (nSPS) is 13.8. The van der Waals surface area contributed by atoms with Gasteiger partial charge < -0.3 is 36.4 Å². The number of aliphatic imine (C=N–C) groups is 1. The molecule has 1 aliphatic rings. The van der Waals surface area contributed by atoms with E-state index >= 15 is 0 Å². The predicted octanol–water partition coefficient (Wildman–Crippen LogP) is 1.99. The molecule has 6 N–H and O–H groups in total. The number of aliphatic carboxylic acids is 1. The molecule has 0 radical (unpaired) electrons. The van der Waals surface area contributed by atoms with Crippen molar-refractivity contribution in [2.45, 2.75) is 39.1 Å². The van der Waals surface area contributed by atoms with Crippen LogP contribution in [-0.4, -0.2) is 76.9 Å². The summed E-state index contributed by atoms with van der Waals surface area (Å²) >= 11 is 0. The van der Waals surface area contributed by atoms with Gasteiger partial charge in [-0.05, 0) is 38.5 Å². The molecule has 1 fully saturated rings. The van der Waals surface area contributed by atoms with Gasteiger partial charge >= 0.3 is 24.3 Å². The van der Waals surface area contributed by atoms with E-state index in [0.29, 0.717) is 38.4 Å². The van der Waals surface area contributed by atoms with Crippen molar-refractivity contribution in [3.05, 3.63) is 29.8 Å². The fourth-order valence-electron chi connectivity index (χ4n) is 2.55. The van der Waals surface area contributed by atoms with Crippen LogP contribution in [0.4, 0.5) is 28.4 Å². The number of nitrogens with two attached hydrogens (primary N) is 2. The van der Waals surface area contributed by atoms with Gasteiger partial charge in [-0.2, -0.15) is 13.2 Å². The lowest BCUT2D eigenvalue weighted by molar-refractivity contribution is -0.192. The number of carboxylic acids is 1. The molecule has 0 bridgehead atoms. The molecule has 1 aromatic rings. The van der Waals surface area contributed by atoms with Crippen LogP contribution in [0.3, 0.4) is 0 Å². The van der Waals surface area contributed by atoms with E-state index in [2.05, 4.69) is 10.3 Å². The molecule has 1 aliphatic heterocycles. The molecule has 0 aromatic heterocycles. The monoisotopic (exact) mass is 490 g/mol. The number of nitrogens with one attached hydrogen (secondary N) is 1. The molecule has 2 rings (SSSR count). The third-order valence-electron chi connectivity index (χ3n) is 4.10. The van der Waals surface area contributed by atoms with E-state index in [1.54, 1.807) is 21.9 Å². The number of nitrogens with zero attached hydrogens (tertiary/aromatic N) is 3. The number of carbonyl (C=O) groups is 3. The number of hydrogen-bond donors (Lipinski definition) is 4. The second-order valence-electron chi connectivity index (χ2n) is 8.12. The predicted molar refractivity (Wildman–Crippen MR) is 117 cm³/mol. The number of carboxylic acid groups (broad SMARTS) is 1. The molecule has 1 aromatic carbocycles. The molecule has 0 saturated carbocycles. The zero-order valence-corrected chi connectivity index (χ0v) is 19.1. The summed E-state index contributed by atoms with van der Waals surface area (Å²) in [5, 5.41) is 10.0. The van der Waals surface area contributed by atoms with Crippen molar-refractivity contribution in [2.75, 3.05) is 26.2 Å². The number of halogens is 3. The van der Waals surface area contributed by atoms with Gasteiger partial charge in [-0.1, -0.05) is 12.1 Å². The molecule has 11 nitrogen and oxygen atoms in total. The Balaban J connectivity index is 0.000000718. The SMILES string of the molecule is CC(C)(C)OC(=O)N1CCN(C(=O)NCc2ccc(N=C(N)N)cc2)CC1.O=C(O)C(F)(F)F. The highest BCUT2D eigenvalue weighted by molar-refractivity contribution is 5.79. The van der Waals surface area contributed by atoms with Gasteiger partial charge in [-0.15, -0.1) is 0 Å². The number of alkyl halides is 3. The average Bonchev–Trinajstić information content (AvgIpc) is 2.71. The molecule has 190 valence electrons. The number of guanidine groups is 1. The first kappa shape index (κ1) is 28.3. The van der Waals surface area contributed by atoms with Crippen LogP contribution in [0.15, 0.2) is 29.3 Å². The van der Waals surface area contributed by atoms with Crippen LogP contribution in [0.5, 0.6) is 0 Å². The molecule has 0 spiro atoms. The molecule has 0 aliphatic carbocycles. The number of amides is 3. The van der Waals surface area contributed by atoms with Gasteiger partial charge in [0, 0.05) is 32.7 Å². The highest BCUT2D eigenvalue weighted by Gasteiger charge is 2.38. The number of rotatable bonds is 3. The molecule has 14 heteroatoms. The van der Waals surface area contributed by atoms with E-state index in [1.165, 1.54) is 0 Å². The van der Waals surface area contributed by atoms with Crippen LogP contribution >= 0.6 is 0 Å². The average molecular weight is 490 g/mol. The first-order valence-corrected chi connectivity index (χ1v) is 10.1. The summed E-state index contributed by atoms with van der Waals surface area (Å²) in [4.78, 5) is 40.5. The summed E-state index contributed by atoms with van der Waals surface area (Å²) < 4.78 is 37.1. The Morgan fingerprint density at radius 2 is 1.50 bits per heavy atom. The van der Waals surface area contributed by atoms with Gasteiger partial charge in [-0.3, -0.25) is 0 Å². The largest absolute Gasteiger partial charge is 0.490 e. The highest BCUT2D eigenvalue weighted by atomic mass is 19.4. The summed E-state index contributed by atoms with van der Waals surface area (Å²) in [6, 6.07) is 7.10. The number of hydrogen-bond acceptors (Lipinski definition) is 5. The number of carbonyl (C=O) groups excluding carboxylic acids is 2. The van der Waals surface area contributed by atoms with E-state index in [9.17, 15) is 22.8 Å². The summed E-state index contributed by atoms with van der Waals surface area (Å²) in [6.45, 7) is 7.73. The smallest absolute Gasteiger partial charge is 0.475 e. The van der Waals surface area contributed by atoms with Crippen LogP contribution in [-0.2, 0) is 16.1 Å². The maximum Gasteiger partial charge on any atom is 0.490 e. The lowest BCUT2D eigenvalue weighted by Gasteiger charge is -2.35. The van der Waals surface area contributed by atoms with Crippen LogP contribution in [0.1, 0.15) is 26.3 Å². The standard InChI is InChI=1S/C18H28N6O3.C2HF3O2/c1-18(2,3)27-17(26)24-10-8-23(9-11-24)16(25)21-12-13-4-6-14(7-5-13)22-15(19)20;3-2(4,5)1(6)7/h4-7H,8-12H2,1-3H3,(H,21,25)(H4,19,20,22);(H,6,7). The maximum atomic E-state index is 12.3. The highest BCUT2D eigenvalue weighted by Crippen LogP contribution is 2.14. The second-order valence-corrected chi connectivity index (χ2v) is 8.12. The molecule has 34 heavy (non-hydrogen) atoms. The zero-order valence-electron chi connectivity index (χ0n) is 19.1. The molecule has 1 heterocycles. The molecule has 0 atom stereocenters. The van der Waals surface area contributed by atoms with Crippen molar-refractivity contribution in [3.8, 4) is 0 Å². The van der Waals surface area contributed by atoms with Gasteiger partial charge in [0.05, 0.1) is 5.69 Å². The van der Waals surface area contributed by atoms with Crippen molar-refractivity contribution >= 4 is 29.7 Å². The Morgan fingerprint density at radius 3 is 1.91 bits per heavy atom. The number of benzene rings is 1. The first-order chi connectivity index (χ1) is 15.6. The van der Waals surface area contributed by atoms with Gasteiger partial charge in [0.15, 0.2) is 5.96 Å². The van der Waals surface area contributed by atoms with Crippen LogP contribution in [0, 0.1) is 0 Å². The maximum absolute atomic E-state index is 12.3. The van der Waals surface area contributed by atoms with Crippen molar-refractivity contribution in [3.63, 3.8) is 0 Å². The van der Waals surface area contributed by atoms with Crippen molar-refractivity contribution < 1.29 is 37.4 Å². The Labute approximate surface area is 194 Å². The quantitative estimate of drug-likeness (QED) is 0.372. The van der Waals surface area contributed by atoms with Crippen LogP contribution in [0.2, 0.25) is 0 Å². The summed E-state index contributed by atoms with van der Waals surface area (Å²) in [7, 11) is 0. The van der Waals surface area contributed by atoms with E-state index in [4.69, 9.17) is 26.1 Å². The van der Waals surface area contributed by atoms with Gasteiger partial charge in [0.1, 0.15) is 5.60 Å². The molecule has 3 amide bonds. The Hall–Kier alpha value is -3.71. The number of urea groups is 1. The minimum Gasteiger partial charge on any atom is -0.475 e. The minimum absolute atomic E-state index is 0.00146. The van der Waals surface area contributed by atoms with Crippen LogP contribution < -0.4 is 16.8 Å². The number of piperazine rings is 1. The van der Waals surface area contributed by atoms with Crippen LogP contribution in [0.25, 0.3) is 0 Å². The van der Waals surface area contributed by atoms with E-state index < -0.39 is 17.7 Å². The van der Waals surface area contributed by atoms with Gasteiger partial charge in [-0.25, -0.2) is 19.4 Å². The van der Waals surface area contributed by atoms with Gasteiger partial charge in [0.25, 0.3) is 0 Å². The molecular weight excluding hydrogens is 461 g/mol. The third-order valence-corrected chi connectivity index (χ3v) is 4.10. The molecular formula is C20H29F3N6O5. The number of ether oxygens (including phenoxy) is 1. The Kier molecular flexibility index (Phi) is 9.95. The van der Waals surface area contributed by atoms with Crippen molar-refractivity contribution in [2.24, 2.45) is 16.5 Å². The molecule has 0 unspecified atom stereocenters.